The van der Waals surface area contributed by atoms with Gasteiger partial charge in [-0.05, 0) is 43.3 Å². The zero-order valence-corrected chi connectivity index (χ0v) is 20.1. The average Bonchev–Trinajstić information content (AvgIpc) is 3.41. The third kappa shape index (κ3) is 5.02. The van der Waals surface area contributed by atoms with E-state index in [1.165, 1.54) is 15.6 Å². The van der Waals surface area contributed by atoms with Crippen molar-refractivity contribution >= 4 is 43.7 Å². The second-order valence-corrected chi connectivity index (χ2v) is 11.7. The highest BCUT2D eigenvalue weighted by Gasteiger charge is 2.28. The van der Waals surface area contributed by atoms with Crippen LogP contribution in [0.4, 0.5) is 5.13 Å². The number of morpholine rings is 1. The van der Waals surface area contributed by atoms with Crippen LogP contribution < -0.4 is 10.1 Å². The number of carbonyl (C=O) groups excluding carboxylic acids is 1. The first kappa shape index (κ1) is 22.9. The van der Waals surface area contributed by atoms with Gasteiger partial charge in [-0.25, -0.2) is 13.4 Å². The van der Waals surface area contributed by atoms with Gasteiger partial charge in [-0.2, -0.15) is 4.31 Å². The molecule has 1 aromatic carbocycles. The van der Waals surface area contributed by atoms with Gasteiger partial charge in [-0.1, -0.05) is 0 Å². The van der Waals surface area contributed by atoms with E-state index >= 15 is 0 Å². The number of thiazole rings is 1. The minimum absolute atomic E-state index is 0.0831. The number of carbonyl (C=O) groups is 1. The molecule has 170 valence electrons. The normalized spacial score (nSPS) is 14.9. The van der Waals surface area contributed by atoms with Crippen molar-refractivity contribution in [2.45, 2.75) is 17.6 Å². The Kier molecular flexibility index (Phi) is 6.91. The zero-order valence-electron chi connectivity index (χ0n) is 17.7. The number of anilines is 1. The highest BCUT2D eigenvalue weighted by Crippen LogP contribution is 2.32. The van der Waals surface area contributed by atoms with Crippen molar-refractivity contribution in [1.29, 1.82) is 0 Å². The highest BCUT2D eigenvalue weighted by molar-refractivity contribution is 7.91. The molecule has 4 rings (SSSR count). The van der Waals surface area contributed by atoms with Gasteiger partial charge in [0.2, 0.25) is 5.91 Å². The molecule has 11 heteroatoms. The summed E-state index contributed by atoms with van der Waals surface area (Å²) in [6.07, 6.45) is 0.0831. The van der Waals surface area contributed by atoms with Gasteiger partial charge in [0.25, 0.3) is 10.0 Å². The number of rotatable bonds is 7. The predicted octanol–water partition coefficient (Wildman–Crippen LogP) is 3.39. The molecule has 1 aliphatic rings. The monoisotopic (exact) mass is 493 g/mol. The minimum Gasteiger partial charge on any atom is -0.497 e. The van der Waals surface area contributed by atoms with Gasteiger partial charge in [0, 0.05) is 28.4 Å². The van der Waals surface area contributed by atoms with Crippen molar-refractivity contribution in [3.63, 3.8) is 0 Å². The Bertz CT molecular complexity index is 1200. The van der Waals surface area contributed by atoms with E-state index in [4.69, 9.17) is 9.47 Å². The van der Waals surface area contributed by atoms with Gasteiger partial charge in [0.15, 0.2) is 5.13 Å². The van der Waals surface area contributed by atoms with Crippen LogP contribution in [0.15, 0.2) is 40.6 Å². The van der Waals surface area contributed by atoms with E-state index in [2.05, 4.69) is 10.3 Å². The molecule has 1 N–H and O–H groups in total. The summed E-state index contributed by atoms with van der Waals surface area (Å²) >= 11 is 2.52. The molecule has 1 fully saturated rings. The number of thiophene rings is 1. The molecule has 8 nitrogen and oxygen atoms in total. The molecule has 1 aliphatic heterocycles. The number of nitrogens with one attached hydrogen (secondary N) is 1. The SMILES string of the molecule is COc1ccc(-c2nc(NC(=O)Cc3ccc(S(=O)(=O)N4CCOCC4)s3)sc2C)cc1. The molecule has 0 radical (unpaired) electrons. The van der Waals surface area contributed by atoms with Crippen LogP contribution in [0.25, 0.3) is 11.3 Å². The third-order valence-electron chi connectivity index (χ3n) is 4.94. The third-order valence-corrected chi connectivity index (χ3v) is 9.28. The first-order valence-electron chi connectivity index (χ1n) is 9.95. The van der Waals surface area contributed by atoms with Crippen molar-refractivity contribution < 1.29 is 22.7 Å². The van der Waals surface area contributed by atoms with Crippen LogP contribution in [0.2, 0.25) is 0 Å². The van der Waals surface area contributed by atoms with E-state index in [1.807, 2.05) is 31.2 Å². The smallest absolute Gasteiger partial charge is 0.252 e. The van der Waals surface area contributed by atoms with Crippen LogP contribution in [0.5, 0.6) is 5.75 Å². The molecule has 0 bridgehead atoms. The van der Waals surface area contributed by atoms with Gasteiger partial charge >= 0.3 is 0 Å². The van der Waals surface area contributed by atoms with E-state index in [-0.39, 0.29) is 16.5 Å². The van der Waals surface area contributed by atoms with Crippen molar-refractivity contribution in [3.8, 4) is 17.0 Å². The molecule has 3 heterocycles. The maximum absolute atomic E-state index is 12.8. The van der Waals surface area contributed by atoms with Gasteiger partial charge < -0.3 is 14.8 Å². The summed E-state index contributed by atoms with van der Waals surface area (Å²) < 4.78 is 37.6. The van der Waals surface area contributed by atoms with Gasteiger partial charge in [0.05, 0.1) is 32.4 Å². The van der Waals surface area contributed by atoms with Crippen molar-refractivity contribution in [2.24, 2.45) is 0 Å². The fraction of sp³-hybridized carbons (Fsp3) is 0.333. The highest BCUT2D eigenvalue weighted by atomic mass is 32.2. The number of amides is 1. The molecule has 0 saturated carbocycles. The van der Waals surface area contributed by atoms with Crippen molar-refractivity contribution in [2.75, 3.05) is 38.7 Å². The fourth-order valence-electron chi connectivity index (χ4n) is 3.29. The number of methoxy groups -OCH3 is 1. The fourth-order valence-corrected chi connectivity index (χ4v) is 7.06. The predicted molar refractivity (Wildman–Crippen MR) is 125 cm³/mol. The largest absolute Gasteiger partial charge is 0.497 e. The molecule has 3 aromatic rings. The summed E-state index contributed by atoms with van der Waals surface area (Å²) in [5, 5.41) is 3.34. The molecule has 0 spiro atoms. The Morgan fingerprint density at radius 2 is 1.88 bits per heavy atom. The lowest BCUT2D eigenvalue weighted by atomic mass is 10.1. The Hall–Kier alpha value is -2.31. The van der Waals surface area contributed by atoms with Crippen LogP contribution in [0, 0.1) is 6.92 Å². The number of benzene rings is 1. The first-order chi connectivity index (χ1) is 15.4. The summed E-state index contributed by atoms with van der Waals surface area (Å²) in [5.74, 6) is 0.526. The molecule has 2 aromatic heterocycles. The van der Waals surface area contributed by atoms with Gasteiger partial charge in [0.1, 0.15) is 9.96 Å². The Labute approximate surface area is 194 Å². The summed E-state index contributed by atoms with van der Waals surface area (Å²) in [6, 6.07) is 10.8. The van der Waals surface area contributed by atoms with Crippen LogP contribution in [0.3, 0.4) is 0 Å². The minimum atomic E-state index is -3.55. The lowest BCUT2D eigenvalue weighted by molar-refractivity contribution is -0.115. The lowest BCUT2D eigenvalue weighted by Crippen LogP contribution is -2.40. The van der Waals surface area contributed by atoms with Crippen LogP contribution in [0.1, 0.15) is 9.75 Å². The number of hydrogen-bond donors (Lipinski definition) is 1. The molecule has 0 unspecified atom stereocenters. The molecule has 0 atom stereocenters. The van der Waals surface area contributed by atoms with Crippen LogP contribution >= 0.6 is 22.7 Å². The Morgan fingerprint density at radius 1 is 1.16 bits per heavy atom. The van der Waals surface area contributed by atoms with Gasteiger partial charge in [-0.15, -0.1) is 22.7 Å². The number of nitrogens with zero attached hydrogens (tertiary/aromatic N) is 2. The quantitative estimate of drug-likeness (QED) is 0.542. The van der Waals surface area contributed by atoms with Crippen LogP contribution in [-0.4, -0.2) is 57.0 Å². The summed E-state index contributed by atoms with van der Waals surface area (Å²) in [4.78, 5) is 18.8. The maximum Gasteiger partial charge on any atom is 0.252 e. The summed E-state index contributed by atoms with van der Waals surface area (Å²) in [7, 11) is -1.94. The lowest BCUT2D eigenvalue weighted by Gasteiger charge is -2.25. The molecule has 1 saturated heterocycles. The topological polar surface area (TPSA) is 97.8 Å². The molecular formula is C21H23N3O5S3. The van der Waals surface area contributed by atoms with E-state index in [0.29, 0.717) is 36.3 Å². The second-order valence-electron chi connectivity index (χ2n) is 7.11. The summed E-state index contributed by atoms with van der Waals surface area (Å²) in [6.45, 7) is 3.43. The van der Waals surface area contributed by atoms with E-state index in [9.17, 15) is 13.2 Å². The number of sulfonamides is 1. The van der Waals surface area contributed by atoms with E-state index in [1.54, 1.807) is 19.2 Å². The van der Waals surface area contributed by atoms with Crippen molar-refractivity contribution in [1.82, 2.24) is 9.29 Å². The Balaban J connectivity index is 1.41. The van der Waals surface area contributed by atoms with E-state index in [0.717, 1.165) is 33.2 Å². The first-order valence-corrected chi connectivity index (χ1v) is 13.0. The number of ether oxygens (including phenoxy) is 2. The maximum atomic E-state index is 12.8. The average molecular weight is 494 g/mol. The zero-order chi connectivity index (χ0) is 22.7. The van der Waals surface area contributed by atoms with Gasteiger partial charge in [-0.3, -0.25) is 4.79 Å². The van der Waals surface area contributed by atoms with E-state index < -0.39 is 10.0 Å². The number of hydrogen-bond acceptors (Lipinski definition) is 8. The molecule has 32 heavy (non-hydrogen) atoms. The summed E-state index contributed by atoms with van der Waals surface area (Å²) in [5.41, 5.74) is 1.75. The van der Waals surface area contributed by atoms with Crippen molar-refractivity contribution in [3.05, 3.63) is 46.2 Å². The number of aromatic nitrogens is 1. The van der Waals surface area contributed by atoms with Crippen LogP contribution in [-0.2, 0) is 26.0 Å². The standard InChI is InChI=1S/C21H23N3O5S3/c1-14-20(15-3-5-16(28-2)6-4-15)23-21(30-14)22-18(25)13-17-7-8-19(31-17)32(26,27)24-9-11-29-12-10-24/h3-8H,9-13H2,1-2H3,(H,22,23,25). The number of aryl methyl sites for hydroxylation is 1. The Morgan fingerprint density at radius 3 is 2.56 bits per heavy atom. The molecule has 1 amide bonds. The molecular weight excluding hydrogens is 470 g/mol. The second kappa shape index (κ2) is 9.67. The molecule has 0 aliphatic carbocycles.